The highest BCUT2D eigenvalue weighted by Gasteiger charge is 2.53. The van der Waals surface area contributed by atoms with E-state index in [-0.39, 0.29) is 44.2 Å². The second-order valence-corrected chi connectivity index (χ2v) is 29.6. The number of nitrogens with zero attached hydrogens (tertiary/aromatic N) is 5. The number of phenols is 1. The standard InChI is InChI=1S/C25H22F3NO3Si.C16H12F3N3O3.C12H22N2OSi/c1-24(2,3)33(16-10-6-4-7-11-16,17-12-8-5-9-13-17)32-21-14-18-20(29-23(31)22(18)30)15-19(21)25(26,27)28;1-22-7-20-6-13(22)12-3-9(15(24)25-2)8-4-14(23)10(16(17,18)19)5-11(8)21-12;1-9(15)10-8-13-11(14(10)5)16(6,7)12(2,3)4/h4-15H,1-3H3,(H,29,30,31);3-7,23H,1-2H3;8H,1-7H3. The molecule has 0 fully saturated rings. The minimum absolute atomic E-state index is 0.00674. The van der Waals surface area contributed by atoms with Gasteiger partial charge in [0, 0.05) is 26.4 Å². The van der Waals surface area contributed by atoms with Crippen LogP contribution in [0.25, 0.3) is 22.3 Å². The molecule has 21 heteroatoms. The predicted molar refractivity (Wildman–Crippen MR) is 275 cm³/mol. The van der Waals surface area contributed by atoms with Crippen molar-refractivity contribution in [2.24, 2.45) is 14.1 Å². The van der Waals surface area contributed by atoms with E-state index in [1.807, 2.05) is 93.0 Å². The molecule has 7 aromatic rings. The van der Waals surface area contributed by atoms with E-state index in [1.54, 1.807) is 24.7 Å². The first kappa shape index (κ1) is 55.9. The van der Waals surface area contributed by atoms with Crippen molar-refractivity contribution < 1.29 is 59.8 Å². The smallest absolute Gasteiger partial charge is 0.420 e. The molecule has 0 aliphatic carbocycles. The number of carbonyl (C=O) groups is 4. The number of Topliss-reactive ketones (excluding diaryl/α,β-unsaturated/α-hetero) is 2. The van der Waals surface area contributed by atoms with E-state index in [9.17, 15) is 50.6 Å². The molecule has 1 amide bonds. The lowest BCUT2D eigenvalue weighted by atomic mass is 10.0. The van der Waals surface area contributed by atoms with E-state index in [0.717, 1.165) is 41.1 Å². The number of methoxy groups -OCH3 is 1. The van der Waals surface area contributed by atoms with Gasteiger partial charge < -0.3 is 28.7 Å². The summed E-state index contributed by atoms with van der Waals surface area (Å²) in [5, 5.41) is 13.2. The molecule has 0 saturated heterocycles. The van der Waals surface area contributed by atoms with Gasteiger partial charge in [0.1, 0.15) is 25.3 Å². The Morgan fingerprint density at radius 3 is 1.78 bits per heavy atom. The molecule has 2 N–H and O–H groups in total. The van der Waals surface area contributed by atoms with Crippen molar-refractivity contribution in [2.75, 3.05) is 12.4 Å². The summed E-state index contributed by atoms with van der Waals surface area (Å²) < 4.78 is 96.3. The van der Waals surface area contributed by atoms with E-state index in [1.165, 1.54) is 18.6 Å². The number of ketones is 2. The van der Waals surface area contributed by atoms with Crippen LogP contribution in [-0.2, 0) is 36.0 Å². The first-order chi connectivity index (χ1) is 34.3. The van der Waals surface area contributed by atoms with Gasteiger partial charge in [-0.05, 0) is 50.8 Å². The summed E-state index contributed by atoms with van der Waals surface area (Å²) in [6.07, 6.45) is -4.84. The van der Waals surface area contributed by atoms with Crippen molar-refractivity contribution in [3.8, 4) is 22.9 Å². The number of aromatic hydroxyl groups is 1. The van der Waals surface area contributed by atoms with Gasteiger partial charge in [0.25, 0.3) is 11.7 Å². The van der Waals surface area contributed by atoms with Gasteiger partial charge in [0.15, 0.2) is 5.78 Å². The molecular formula is C53H56F6N6O7Si2. The van der Waals surface area contributed by atoms with Gasteiger partial charge in [-0.25, -0.2) is 19.7 Å². The quantitative estimate of drug-likeness (QED) is 0.0492. The van der Waals surface area contributed by atoms with Gasteiger partial charge in [-0.3, -0.25) is 14.4 Å². The summed E-state index contributed by atoms with van der Waals surface area (Å²) in [6, 6.07) is 23.2. The normalized spacial score (nSPS) is 13.1. The summed E-state index contributed by atoms with van der Waals surface area (Å²) in [4.78, 5) is 60.2. The zero-order valence-corrected chi connectivity index (χ0v) is 44.8. The van der Waals surface area contributed by atoms with Crippen LogP contribution < -0.4 is 25.6 Å². The highest BCUT2D eigenvalue weighted by atomic mass is 28.4. The number of alkyl halides is 6. The van der Waals surface area contributed by atoms with Crippen molar-refractivity contribution in [1.29, 1.82) is 0 Å². The molecule has 0 bridgehead atoms. The molecule has 0 unspecified atom stereocenters. The first-order valence-corrected chi connectivity index (χ1v) is 27.9. The fourth-order valence-electron chi connectivity index (χ4n) is 8.45. The Hall–Kier alpha value is -7.40. The average Bonchev–Trinajstić information content (AvgIpc) is 4.02. The van der Waals surface area contributed by atoms with Crippen LogP contribution >= 0.6 is 0 Å². The molecule has 13 nitrogen and oxygen atoms in total. The number of aryl methyl sites for hydroxylation is 1. The molecule has 0 radical (unpaired) electrons. The lowest BCUT2D eigenvalue weighted by Crippen LogP contribution is -2.69. The number of nitrogens with one attached hydrogen (secondary N) is 1. The maximum atomic E-state index is 14.1. The summed E-state index contributed by atoms with van der Waals surface area (Å²) in [7, 11) is -0.256. The van der Waals surface area contributed by atoms with Crippen molar-refractivity contribution in [3.63, 3.8) is 0 Å². The first-order valence-electron chi connectivity index (χ1n) is 23.0. The SMILES string of the molecule is CC(=O)c1cnc([Si](C)(C)C(C)(C)C)n1C.CC(C)(C)[Si](Oc1cc2c(cc1C(F)(F)F)NC(=O)C2=O)(c1ccccc1)c1ccccc1.COC(=O)c1cc(-c2cncn2C)nc2cc(C(F)(F)F)c(O)cc12. The molecule has 0 saturated carbocycles. The van der Waals surface area contributed by atoms with Gasteiger partial charge in [-0.2, -0.15) is 26.3 Å². The molecule has 0 atom stereocenters. The molecule has 3 aromatic heterocycles. The zero-order chi connectivity index (χ0) is 55.1. The molecule has 74 heavy (non-hydrogen) atoms. The number of pyridine rings is 1. The number of ether oxygens (including phenoxy) is 1. The minimum atomic E-state index is -4.76. The Kier molecular flexibility index (Phi) is 15.5. The third-order valence-corrected chi connectivity index (χ3v) is 23.6. The molecular weight excluding hydrogens is 1000 g/mol. The highest BCUT2D eigenvalue weighted by Crippen LogP contribution is 2.45. The van der Waals surface area contributed by atoms with Crippen molar-refractivity contribution >= 4 is 72.2 Å². The Morgan fingerprint density at radius 2 is 1.32 bits per heavy atom. The number of hydrogen-bond donors (Lipinski definition) is 2. The molecule has 1 aliphatic heterocycles. The fourth-order valence-corrected chi connectivity index (χ4v) is 14.9. The van der Waals surface area contributed by atoms with E-state index < -0.39 is 74.1 Å². The Balaban J connectivity index is 0.000000192. The second-order valence-electron chi connectivity index (χ2n) is 20.2. The van der Waals surface area contributed by atoms with Crippen molar-refractivity contribution in [2.45, 2.75) is 84.0 Å². The number of fused-ring (bicyclic) bond motifs is 2. The van der Waals surface area contributed by atoms with Crippen LogP contribution in [0.3, 0.4) is 0 Å². The van der Waals surface area contributed by atoms with Gasteiger partial charge in [0.2, 0.25) is 0 Å². The number of hydrogen-bond acceptors (Lipinski definition) is 10. The van der Waals surface area contributed by atoms with Crippen LogP contribution in [-0.4, -0.2) is 76.1 Å². The number of phenolic OH excluding ortho intramolecular Hbond substituents is 1. The Bertz CT molecular complexity index is 3230. The lowest BCUT2D eigenvalue weighted by Gasteiger charge is -2.43. The van der Waals surface area contributed by atoms with Crippen LogP contribution in [0.2, 0.25) is 23.2 Å². The van der Waals surface area contributed by atoms with Gasteiger partial charge in [0.05, 0.1) is 76.1 Å². The monoisotopic (exact) mass is 1060 g/mol. The summed E-state index contributed by atoms with van der Waals surface area (Å²) in [5.74, 6) is -3.96. The van der Waals surface area contributed by atoms with E-state index in [0.29, 0.717) is 17.5 Å². The molecule has 4 heterocycles. The molecule has 0 spiro atoms. The topological polar surface area (TPSA) is 168 Å². The third kappa shape index (κ3) is 10.9. The predicted octanol–water partition coefficient (Wildman–Crippen LogP) is 10.3. The zero-order valence-electron chi connectivity index (χ0n) is 42.8. The number of imidazole rings is 2. The number of rotatable bonds is 8. The second kappa shape index (κ2) is 20.5. The van der Waals surface area contributed by atoms with Crippen LogP contribution in [0.5, 0.6) is 11.5 Å². The molecule has 4 aromatic carbocycles. The van der Waals surface area contributed by atoms with Crippen LogP contribution in [0.1, 0.15) is 90.8 Å². The van der Waals surface area contributed by atoms with Crippen molar-refractivity contribution in [3.05, 3.63) is 138 Å². The summed E-state index contributed by atoms with van der Waals surface area (Å²) in [5.41, 5.74) is -0.0786. The van der Waals surface area contributed by atoms with E-state index >= 15 is 0 Å². The van der Waals surface area contributed by atoms with Crippen LogP contribution in [0, 0.1) is 0 Å². The molecule has 390 valence electrons. The largest absolute Gasteiger partial charge is 0.534 e. The summed E-state index contributed by atoms with van der Waals surface area (Å²) >= 11 is 0. The lowest BCUT2D eigenvalue weighted by molar-refractivity contribution is -0.139. The van der Waals surface area contributed by atoms with Gasteiger partial charge in [-0.15, -0.1) is 0 Å². The third-order valence-electron chi connectivity index (χ3n) is 13.3. The summed E-state index contributed by atoms with van der Waals surface area (Å²) in [6.45, 7) is 18.8. The number of aromatic nitrogens is 5. The number of esters is 1. The minimum Gasteiger partial charge on any atom is -0.534 e. The Morgan fingerprint density at radius 1 is 0.757 bits per heavy atom. The van der Waals surface area contributed by atoms with E-state index in [4.69, 9.17) is 9.16 Å². The molecule has 1 aliphatic rings. The maximum Gasteiger partial charge on any atom is 0.420 e. The van der Waals surface area contributed by atoms with Crippen LogP contribution in [0.15, 0.2) is 110 Å². The van der Waals surface area contributed by atoms with Gasteiger partial charge >= 0.3 is 26.6 Å². The van der Waals surface area contributed by atoms with Crippen LogP contribution in [0.4, 0.5) is 32.0 Å². The average molecular weight is 1060 g/mol. The highest BCUT2D eigenvalue weighted by molar-refractivity contribution is 7.00. The number of amides is 1. The number of anilines is 1. The number of halogens is 6. The number of carbonyl (C=O) groups excluding carboxylic acids is 4. The van der Waals surface area contributed by atoms with E-state index in [2.05, 4.69) is 54.1 Å². The fraction of sp³-hybridized carbons (Fsp3) is 0.302. The van der Waals surface area contributed by atoms with Crippen molar-refractivity contribution in [1.82, 2.24) is 24.1 Å². The van der Waals surface area contributed by atoms with Gasteiger partial charge in [-0.1, -0.05) is 115 Å². The maximum absolute atomic E-state index is 14.1. The number of benzene rings is 4. The Labute approximate surface area is 425 Å². The molecule has 8 rings (SSSR count).